The molecule has 0 saturated carbocycles. The van der Waals surface area contributed by atoms with Crippen LogP contribution in [0.25, 0.3) is 10.8 Å². The molecule has 2 aromatic carbocycles. The summed E-state index contributed by atoms with van der Waals surface area (Å²) >= 11 is 0. The van der Waals surface area contributed by atoms with Crippen molar-refractivity contribution >= 4 is 40.2 Å². The monoisotopic (exact) mass is 558 g/mol. The van der Waals surface area contributed by atoms with Gasteiger partial charge in [-0.1, -0.05) is 24.3 Å². The van der Waals surface area contributed by atoms with Gasteiger partial charge in [0.05, 0.1) is 31.3 Å². The van der Waals surface area contributed by atoms with E-state index in [1.54, 1.807) is 19.2 Å². The summed E-state index contributed by atoms with van der Waals surface area (Å²) in [7, 11) is 3.67. The second kappa shape index (κ2) is 12.3. The molecule has 0 spiro atoms. The smallest absolute Gasteiger partial charge is 0.407 e. The minimum absolute atomic E-state index is 0.0588. The van der Waals surface area contributed by atoms with Gasteiger partial charge in [0, 0.05) is 49.7 Å². The summed E-state index contributed by atoms with van der Waals surface area (Å²) in [6, 6.07) is 14.9. The first-order valence-corrected chi connectivity index (χ1v) is 13.7. The second-order valence-electron chi connectivity index (χ2n) is 10.4. The van der Waals surface area contributed by atoms with E-state index < -0.39 is 18.0 Å². The lowest BCUT2D eigenvalue weighted by Gasteiger charge is -2.39. The van der Waals surface area contributed by atoms with Crippen LogP contribution in [0.4, 0.5) is 22.2 Å². The summed E-state index contributed by atoms with van der Waals surface area (Å²) in [6.07, 6.45) is 1.19. The van der Waals surface area contributed by atoms with Gasteiger partial charge in [-0.25, -0.2) is 9.78 Å². The predicted octanol–water partition coefficient (Wildman–Crippen LogP) is 3.48. The Bertz CT molecular complexity index is 1470. The van der Waals surface area contributed by atoms with Crippen LogP contribution in [-0.2, 0) is 0 Å². The predicted molar refractivity (Wildman–Crippen MR) is 156 cm³/mol. The third-order valence-electron chi connectivity index (χ3n) is 7.81. The molecular formula is C29H34N8O4. The highest BCUT2D eigenvalue weighted by Gasteiger charge is 2.31. The minimum atomic E-state index is -1.05. The van der Waals surface area contributed by atoms with Crippen LogP contribution in [0.5, 0.6) is 5.75 Å². The first-order valence-electron chi connectivity index (χ1n) is 13.7. The summed E-state index contributed by atoms with van der Waals surface area (Å²) in [5.41, 5.74) is 0.762. The van der Waals surface area contributed by atoms with Crippen molar-refractivity contribution in [3.63, 3.8) is 0 Å². The van der Waals surface area contributed by atoms with E-state index in [1.807, 2.05) is 35.2 Å². The lowest BCUT2D eigenvalue weighted by atomic mass is 10.1. The molecule has 2 saturated heterocycles. The first-order chi connectivity index (χ1) is 19.9. The van der Waals surface area contributed by atoms with Gasteiger partial charge in [-0.05, 0) is 37.9 Å². The topological polar surface area (TPSA) is 147 Å². The summed E-state index contributed by atoms with van der Waals surface area (Å²) in [5.74, 6) is 1.02. The van der Waals surface area contributed by atoms with E-state index in [2.05, 4.69) is 33.6 Å². The zero-order valence-electron chi connectivity index (χ0n) is 23.2. The van der Waals surface area contributed by atoms with Gasteiger partial charge in [0.25, 0.3) is 5.91 Å². The zero-order chi connectivity index (χ0) is 28.9. The maximum atomic E-state index is 13.6. The number of hydrogen-bond donors (Lipinski definition) is 3. The molecule has 5 rings (SSSR count). The van der Waals surface area contributed by atoms with E-state index in [4.69, 9.17) is 9.72 Å². The molecule has 41 heavy (non-hydrogen) atoms. The number of methoxy groups -OCH3 is 1. The number of benzene rings is 2. The van der Waals surface area contributed by atoms with Crippen molar-refractivity contribution in [2.75, 3.05) is 62.4 Å². The number of amides is 2. The number of fused-ring (bicyclic) bond motifs is 1. The highest BCUT2D eigenvalue weighted by molar-refractivity contribution is 6.09. The zero-order valence-corrected chi connectivity index (χ0v) is 23.2. The average Bonchev–Trinajstić information content (AvgIpc) is 3.40. The minimum Gasteiger partial charge on any atom is -0.497 e. The van der Waals surface area contributed by atoms with Crippen molar-refractivity contribution in [2.24, 2.45) is 0 Å². The molecule has 1 unspecified atom stereocenters. The molecule has 3 heterocycles. The maximum absolute atomic E-state index is 13.6. The summed E-state index contributed by atoms with van der Waals surface area (Å²) in [6.45, 7) is 2.54. The van der Waals surface area contributed by atoms with E-state index in [1.165, 1.54) is 4.90 Å². The number of likely N-dealkylation sites (N-methyl/N-ethyl adjacent to an activating group) is 1. The van der Waals surface area contributed by atoms with Crippen LogP contribution in [0.2, 0.25) is 0 Å². The van der Waals surface area contributed by atoms with E-state index in [-0.39, 0.29) is 25.2 Å². The number of hydrogen-bond acceptors (Lipinski definition) is 9. The molecule has 214 valence electrons. The number of ether oxygens (including phenoxy) is 1. The van der Waals surface area contributed by atoms with Crippen LogP contribution < -0.4 is 20.3 Å². The van der Waals surface area contributed by atoms with Crippen LogP contribution >= 0.6 is 0 Å². The van der Waals surface area contributed by atoms with E-state index >= 15 is 0 Å². The van der Waals surface area contributed by atoms with Crippen LogP contribution in [0.1, 0.15) is 29.8 Å². The molecule has 12 heteroatoms. The fraction of sp³-hybridized carbons (Fsp3) is 0.414. The number of likely N-dealkylation sites (tertiary alicyclic amines) is 1. The summed E-state index contributed by atoms with van der Waals surface area (Å²) < 4.78 is 5.45. The molecule has 2 fully saturated rings. The fourth-order valence-electron chi connectivity index (χ4n) is 5.52. The molecule has 3 N–H and O–H groups in total. The van der Waals surface area contributed by atoms with Gasteiger partial charge in [0.1, 0.15) is 17.3 Å². The quantitative estimate of drug-likeness (QED) is 0.375. The van der Waals surface area contributed by atoms with Gasteiger partial charge in [-0.2, -0.15) is 10.2 Å². The van der Waals surface area contributed by atoms with Gasteiger partial charge in [0.15, 0.2) is 0 Å². The third-order valence-corrected chi connectivity index (χ3v) is 7.81. The van der Waals surface area contributed by atoms with Crippen molar-refractivity contribution in [1.29, 1.82) is 5.26 Å². The van der Waals surface area contributed by atoms with Crippen LogP contribution in [0, 0.1) is 11.3 Å². The van der Waals surface area contributed by atoms with Gasteiger partial charge in [-0.15, -0.1) is 0 Å². The van der Waals surface area contributed by atoms with Gasteiger partial charge in [-0.3, -0.25) is 4.79 Å². The van der Waals surface area contributed by atoms with Gasteiger partial charge < -0.3 is 35.2 Å². The van der Waals surface area contributed by atoms with Crippen LogP contribution in [0.15, 0.2) is 42.5 Å². The molecule has 12 nitrogen and oxygen atoms in total. The number of carboxylic acid groups (broad SMARTS) is 1. The Morgan fingerprint density at radius 3 is 2.71 bits per heavy atom. The Balaban J connectivity index is 1.45. The lowest BCUT2D eigenvalue weighted by molar-refractivity contribution is 0.102. The molecule has 2 atom stereocenters. The molecule has 0 radical (unpaired) electrons. The molecule has 3 aromatic rings. The molecule has 0 aliphatic carbocycles. The Morgan fingerprint density at radius 1 is 1.15 bits per heavy atom. The average molecular weight is 559 g/mol. The Kier molecular flexibility index (Phi) is 8.35. The fourth-order valence-corrected chi connectivity index (χ4v) is 5.52. The number of nitriles is 1. The van der Waals surface area contributed by atoms with Crippen LogP contribution in [0.3, 0.4) is 0 Å². The molecule has 2 aliphatic rings. The number of nitrogens with zero attached hydrogens (tertiary/aromatic N) is 6. The lowest BCUT2D eigenvalue weighted by Crippen LogP contribution is -2.55. The highest BCUT2D eigenvalue weighted by Crippen LogP contribution is 2.30. The van der Waals surface area contributed by atoms with Crippen molar-refractivity contribution in [1.82, 2.24) is 19.8 Å². The van der Waals surface area contributed by atoms with Crippen molar-refractivity contribution in [2.45, 2.75) is 31.3 Å². The number of carbonyl (C=O) groups excluding carboxylic acids is 1. The second-order valence-corrected chi connectivity index (χ2v) is 10.4. The van der Waals surface area contributed by atoms with Crippen molar-refractivity contribution in [3.05, 3.63) is 48.2 Å². The molecule has 2 aliphatic heterocycles. The first kappa shape index (κ1) is 27.9. The number of anilines is 3. The van der Waals surface area contributed by atoms with Crippen molar-refractivity contribution in [3.8, 4) is 11.8 Å². The maximum Gasteiger partial charge on any atom is 0.407 e. The third kappa shape index (κ3) is 6.25. The van der Waals surface area contributed by atoms with E-state index in [9.17, 15) is 20.0 Å². The van der Waals surface area contributed by atoms with Crippen molar-refractivity contribution < 1.29 is 19.4 Å². The molecule has 0 bridgehead atoms. The van der Waals surface area contributed by atoms with E-state index in [0.29, 0.717) is 42.3 Å². The number of aromatic nitrogens is 2. The van der Waals surface area contributed by atoms with E-state index in [0.717, 1.165) is 30.2 Å². The number of piperazine rings is 1. The number of rotatable bonds is 8. The Morgan fingerprint density at radius 2 is 1.98 bits per heavy atom. The number of carbonyl (C=O) groups is 2. The van der Waals surface area contributed by atoms with Crippen LogP contribution in [-0.4, -0.2) is 95.8 Å². The molecule has 1 aromatic heterocycles. The Hall–Kier alpha value is -4.63. The Labute approximate surface area is 238 Å². The standard InChI is InChI=1S/C29H34N8O4/c1-35-11-5-7-20(35)17-31-28-33-25(16-26(34-28)36-12-13-37(29(39)40)21(18-36)9-10-30)27(38)32-24-15-22(41-2)14-19-6-3-4-8-23(19)24/h3-4,6,8,14-16,20-21H,5,7,9,11-13,17-18H2,1-2H3,(H,32,38)(H,39,40)(H,31,33,34)/t20?,21-/m0/s1. The summed E-state index contributed by atoms with van der Waals surface area (Å²) in [5, 5.41) is 27.0. The van der Waals surface area contributed by atoms with Gasteiger partial charge in [0.2, 0.25) is 5.95 Å². The molecular weight excluding hydrogens is 524 g/mol. The van der Waals surface area contributed by atoms with Gasteiger partial charge >= 0.3 is 6.09 Å². The number of nitrogens with one attached hydrogen (secondary N) is 2. The summed E-state index contributed by atoms with van der Waals surface area (Å²) in [4.78, 5) is 40.1. The highest BCUT2D eigenvalue weighted by atomic mass is 16.5. The normalized spacial score (nSPS) is 19.1. The SMILES string of the molecule is COc1cc(NC(=O)c2cc(N3CCN(C(=O)O)[C@@H](CC#N)C3)nc(NCC3CCCN3C)n2)c2ccccc2c1. The molecule has 2 amide bonds. The largest absolute Gasteiger partial charge is 0.497 e.